The van der Waals surface area contributed by atoms with Gasteiger partial charge in [-0.25, -0.2) is 0 Å². The van der Waals surface area contributed by atoms with Crippen LogP contribution in [-0.4, -0.2) is 41.0 Å². The van der Waals surface area contributed by atoms with Crippen LogP contribution in [0.25, 0.3) is 0 Å². The molecule has 0 radical (unpaired) electrons. The summed E-state index contributed by atoms with van der Waals surface area (Å²) in [4.78, 5) is 12.5. The van der Waals surface area contributed by atoms with Gasteiger partial charge in [-0.2, -0.15) is 0 Å². The van der Waals surface area contributed by atoms with Crippen molar-refractivity contribution >= 4 is 17.6 Å². The number of hydrogen-bond donors (Lipinski definition) is 1. The van der Waals surface area contributed by atoms with Gasteiger partial charge in [0.05, 0.1) is 0 Å². The first-order valence-corrected chi connectivity index (χ1v) is 5.14. The van der Waals surface area contributed by atoms with Crippen LogP contribution in [0.4, 0.5) is 0 Å². The van der Waals surface area contributed by atoms with Crippen molar-refractivity contribution in [2.75, 3.05) is 19.6 Å². The number of alkyl halides is 1. The van der Waals surface area contributed by atoms with Gasteiger partial charge in [0.2, 0.25) is 0 Å². The van der Waals surface area contributed by atoms with E-state index in [-0.39, 0.29) is 0 Å². The second kappa shape index (κ2) is 7.15. The van der Waals surface area contributed by atoms with Crippen LogP contribution in [0.1, 0.15) is 26.7 Å². The summed E-state index contributed by atoms with van der Waals surface area (Å²) < 4.78 is 0. The Morgan fingerprint density at radius 2 is 2.15 bits per heavy atom. The van der Waals surface area contributed by atoms with Crippen molar-refractivity contribution in [1.29, 1.82) is 0 Å². The number of halogens is 1. The first-order chi connectivity index (χ1) is 6.11. The van der Waals surface area contributed by atoms with Gasteiger partial charge in [-0.1, -0.05) is 20.3 Å². The van der Waals surface area contributed by atoms with Gasteiger partial charge in [-0.15, -0.1) is 11.6 Å². The van der Waals surface area contributed by atoms with E-state index in [0.29, 0.717) is 6.54 Å². The highest BCUT2D eigenvalue weighted by atomic mass is 35.5. The number of rotatable bonds is 7. The van der Waals surface area contributed by atoms with Crippen LogP contribution in [-0.2, 0) is 4.79 Å². The molecule has 1 unspecified atom stereocenters. The first kappa shape index (κ1) is 12.7. The highest BCUT2D eigenvalue weighted by Crippen LogP contribution is 2.02. The lowest BCUT2D eigenvalue weighted by atomic mass is 10.3. The summed E-state index contributed by atoms with van der Waals surface area (Å²) in [5.41, 5.74) is 0. The minimum atomic E-state index is -0.934. The summed E-state index contributed by atoms with van der Waals surface area (Å²) in [6, 6.07) is 0. The van der Waals surface area contributed by atoms with Crippen molar-refractivity contribution in [2.24, 2.45) is 0 Å². The molecule has 0 aliphatic heterocycles. The normalized spacial score (nSPS) is 13.2. The average molecular weight is 208 g/mol. The second-order valence-electron chi connectivity index (χ2n) is 3.05. The van der Waals surface area contributed by atoms with Crippen LogP contribution in [0, 0.1) is 0 Å². The van der Waals surface area contributed by atoms with Gasteiger partial charge in [-0.3, -0.25) is 4.79 Å². The third kappa shape index (κ3) is 5.88. The van der Waals surface area contributed by atoms with Crippen molar-refractivity contribution in [3.05, 3.63) is 0 Å². The molecule has 13 heavy (non-hydrogen) atoms. The Morgan fingerprint density at radius 1 is 1.54 bits per heavy atom. The van der Waals surface area contributed by atoms with Crippen molar-refractivity contribution in [3.8, 4) is 0 Å². The SMILES string of the molecule is CCCCN(CC)CC(Cl)C(=O)O. The standard InChI is InChI=1S/C9H18ClNO2/c1-3-5-6-11(4-2)7-8(10)9(12)13/h8H,3-7H2,1-2H3,(H,12,13). The number of unbranched alkanes of at least 4 members (excludes halogenated alkanes) is 1. The van der Waals surface area contributed by atoms with Gasteiger partial charge < -0.3 is 10.0 Å². The fraction of sp³-hybridized carbons (Fsp3) is 0.889. The molecule has 0 saturated carbocycles. The molecular weight excluding hydrogens is 190 g/mol. The largest absolute Gasteiger partial charge is 0.480 e. The maximum Gasteiger partial charge on any atom is 0.322 e. The molecular formula is C9H18ClNO2. The van der Waals surface area contributed by atoms with Crippen LogP contribution in [0.3, 0.4) is 0 Å². The van der Waals surface area contributed by atoms with E-state index in [0.717, 1.165) is 25.9 Å². The van der Waals surface area contributed by atoms with Crippen molar-refractivity contribution < 1.29 is 9.90 Å². The molecule has 0 aromatic heterocycles. The fourth-order valence-corrected chi connectivity index (χ4v) is 1.26. The number of carboxylic acids is 1. The van der Waals surface area contributed by atoms with E-state index in [1.165, 1.54) is 0 Å². The Kier molecular flexibility index (Phi) is 7.00. The zero-order valence-electron chi connectivity index (χ0n) is 8.29. The Morgan fingerprint density at radius 3 is 2.54 bits per heavy atom. The molecule has 0 amide bonds. The molecule has 0 aliphatic rings. The highest BCUT2D eigenvalue weighted by molar-refractivity contribution is 6.29. The van der Waals surface area contributed by atoms with Gasteiger partial charge in [0, 0.05) is 6.54 Å². The molecule has 0 aromatic carbocycles. The third-order valence-electron chi connectivity index (χ3n) is 1.96. The number of carboxylic acid groups (broad SMARTS) is 1. The molecule has 4 heteroatoms. The molecule has 0 bridgehead atoms. The molecule has 0 aliphatic carbocycles. The van der Waals surface area contributed by atoms with Crippen LogP contribution < -0.4 is 0 Å². The molecule has 0 fully saturated rings. The summed E-state index contributed by atoms with van der Waals surface area (Å²) in [6.45, 7) is 6.36. The topological polar surface area (TPSA) is 40.5 Å². The summed E-state index contributed by atoms with van der Waals surface area (Å²) in [6.07, 6.45) is 2.22. The zero-order valence-corrected chi connectivity index (χ0v) is 9.05. The van der Waals surface area contributed by atoms with Crippen LogP contribution >= 0.6 is 11.6 Å². The molecule has 0 heterocycles. The van der Waals surface area contributed by atoms with Gasteiger partial charge >= 0.3 is 5.97 Å². The lowest BCUT2D eigenvalue weighted by Gasteiger charge is -2.20. The number of hydrogen-bond acceptors (Lipinski definition) is 2. The van der Waals surface area contributed by atoms with E-state index >= 15 is 0 Å². The third-order valence-corrected chi connectivity index (χ3v) is 2.29. The average Bonchev–Trinajstić information content (AvgIpc) is 2.11. The lowest BCUT2D eigenvalue weighted by molar-refractivity contribution is -0.136. The van der Waals surface area contributed by atoms with Crippen molar-refractivity contribution in [2.45, 2.75) is 32.1 Å². The molecule has 0 saturated heterocycles. The van der Waals surface area contributed by atoms with E-state index in [1.807, 2.05) is 6.92 Å². The summed E-state index contributed by atoms with van der Waals surface area (Å²) in [7, 11) is 0. The van der Waals surface area contributed by atoms with E-state index < -0.39 is 11.3 Å². The van der Waals surface area contributed by atoms with Gasteiger partial charge in [0.1, 0.15) is 5.38 Å². The van der Waals surface area contributed by atoms with E-state index in [9.17, 15) is 4.79 Å². The van der Waals surface area contributed by atoms with E-state index in [2.05, 4.69) is 11.8 Å². The monoisotopic (exact) mass is 207 g/mol. The first-order valence-electron chi connectivity index (χ1n) is 4.71. The highest BCUT2D eigenvalue weighted by Gasteiger charge is 2.16. The quantitative estimate of drug-likeness (QED) is 0.648. The summed E-state index contributed by atoms with van der Waals surface area (Å²) in [5, 5.41) is 7.81. The lowest BCUT2D eigenvalue weighted by Crippen LogP contribution is -2.34. The maximum atomic E-state index is 10.5. The Hall–Kier alpha value is -0.280. The smallest absolute Gasteiger partial charge is 0.322 e. The molecule has 0 rings (SSSR count). The predicted octanol–water partition coefficient (Wildman–Crippen LogP) is 1.80. The van der Waals surface area contributed by atoms with Crippen molar-refractivity contribution in [3.63, 3.8) is 0 Å². The summed E-state index contributed by atoms with van der Waals surface area (Å²) in [5.74, 6) is -0.934. The Bertz CT molecular complexity index is 153. The van der Waals surface area contributed by atoms with E-state index in [1.54, 1.807) is 0 Å². The van der Waals surface area contributed by atoms with Crippen LogP contribution in [0.15, 0.2) is 0 Å². The molecule has 0 aromatic rings. The molecule has 3 nitrogen and oxygen atoms in total. The minimum absolute atomic E-state index is 0.438. The van der Waals surface area contributed by atoms with Crippen LogP contribution in [0.2, 0.25) is 0 Å². The van der Waals surface area contributed by atoms with Gasteiger partial charge in [0.15, 0.2) is 0 Å². The Labute approximate surface area is 84.7 Å². The molecule has 0 spiro atoms. The summed E-state index contributed by atoms with van der Waals surface area (Å²) >= 11 is 5.63. The number of aliphatic carboxylic acids is 1. The Balaban J connectivity index is 3.75. The van der Waals surface area contributed by atoms with Gasteiger partial charge in [-0.05, 0) is 19.5 Å². The second-order valence-corrected chi connectivity index (χ2v) is 3.58. The molecule has 1 N–H and O–H groups in total. The minimum Gasteiger partial charge on any atom is -0.480 e. The molecule has 1 atom stereocenters. The zero-order chi connectivity index (χ0) is 10.3. The number of nitrogens with zero attached hydrogens (tertiary/aromatic N) is 1. The van der Waals surface area contributed by atoms with Gasteiger partial charge in [0.25, 0.3) is 0 Å². The van der Waals surface area contributed by atoms with E-state index in [4.69, 9.17) is 16.7 Å². The molecule has 78 valence electrons. The van der Waals surface area contributed by atoms with Crippen LogP contribution in [0.5, 0.6) is 0 Å². The maximum absolute atomic E-state index is 10.5. The van der Waals surface area contributed by atoms with Crippen molar-refractivity contribution in [1.82, 2.24) is 4.90 Å². The predicted molar refractivity (Wildman–Crippen MR) is 54.3 cm³/mol. The number of carbonyl (C=O) groups is 1. The fourth-order valence-electron chi connectivity index (χ4n) is 1.07.